The molecule has 4 rings (SSSR count). The average molecular weight is 478 g/mol. The monoisotopic (exact) mass is 477 g/mol. The SMILES string of the molecule is CC(C)/C=C(\C#N)C(=O)N1CCC[C@@H]1Cn1c(NC(=O)c2ccc(F)c(F)c2)nc2ccccc21. The van der Waals surface area contributed by atoms with E-state index in [1.54, 1.807) is 17.0 Å². The van der Waals surface area contributed by atoms with Crippen molar-refractivity contribution in [1.29, 1.82) is 5.26 Å². The zero-order chi connectivity index (χ0) is 25.1. The number of nitrogens with zero attached hydrogens (tertiary/aromatic N) is 4. The summed E-state index contributed by atoms with van der Waals surface area (Å²) in [6, 6.07) is 12.1. The number of halogens is 2. The lowest BCUT2D eigenvalue weighted by Crippen LogP contribution is -2.39. The second kappa shape index (κ2) is 10.1. The van der Waals surface area contributed by atoms with Crippen LogP contribution >= 0.6 is 0 Å². The minimum atomic E-state index is -1.12. The van der Waals surface area contributed by atoms with Gasteiger partial charge in [0.05, 0.1) is 17.1 Å². The Morgan fingerprint density at radius 1 is 1.23 bits per heavy atom. The van der Waals surface area contributed by atoms with E-state index < -0.39 is 17.5 Å². The van der Waals surface area contributed by atoms with Gasteiger partial charge in [0.15, 0.2) is 11.6 Å². The Morgan fingerprint density at radius 2 is 2.00 bits per heavy atom. The number of imidazole rings is 1. The summed E-state index contributed by atoms with van der Waals surface area (Å²) in [6.07, 6.45) is 3.19. The number of nitriles is 1. The zero-order valence-electron chi connectivity index (χ0n) is 19.5. The summed E-state index contributed by atoms with van der Waals surface area (Å²) in [5, 5.41) is 12.2. The van der Waals surface area contributed by atoms with Crippen molar-refractivity contribution in [3.05, 3.63) is 71.3 Å². The highest BCUT2D eigenvalue weighted by Crippen LogP contribution is 2.27. The van der Waals surface area contributed by atoms with Gasteiger partial charge in [-0.05, 0) is 49.1 Å². The first-order valence-electron chi connectivity index (χ1n) is 11.4. The second-order valence-corrected chi connectivity index (χ2v) is 8.85. The summed E-state index contributed by atoms with van der Waals surface area (Å²) in [4.78, 5) is 32.1. The van der Waals surface area contributed by atoms with Crippen molar-refractivity contribution in [2.45, 2.75) is 39.3 Å². The quantitative estimate of drug-likeness (QED) is 0.413. The second-order valence-electron chi connectivity index (χ2n) is 8.85. The highest BCUT2D eigenvalue weighted by molar-refractivity contribution is 6.04. The number of hydrogen-bond acceptors (Lipinski definition) is 4. The Balaban J connectivity index is 1.64. The number of fused-ring (bicyclic) bond motifs is 1. The molecule has 3 aromatic rings. The molecule has 7 nitrogen and oxygen atoms in total. The molecule has 0 radical (unpaired) electrons. The lowest BCUT2D eigenvalue weighted by Gasteiger charge is -2.26. The first-order valence-corrected chi connectivity index (χ1v) is 11.4. The number of para-hydroxylation sites is 2. The van der Waals surface area contributed by atoms with Crippen LogP contribution in [0.5, 0.6) is 0 Å². The number of benzene rings is 2. The zero-order valence-corrected chi connectivity index (χ0v) is 19.5. The van der Waals surface area contributed by atoms with Crippen LogP contribution in [0.3, 0.4) is 0 Å². The van der Waals surface area contributed by atoms with E-state index in [0.29, 0.717) is 18.6 Å². The molecule has 1 saturated heterocycles. The molecule has 2 amide bonds. The van der Waals surface area contributed by atoms with Crippen molar-refractivity contribution in [3.8, 4) is 6.07 Å². The predicted octanol–water partition coefficient (Wildman–Crippen LogP) is 4.66. The fourth-order valence-corrected chi connectivity index (χ4v) is 4.31. The normalized spacial score (nSPS) is 16.1. The first-order chi connectivity index (χ1) is 16.8. The molecule has 2 heterocycles. The standard InChI is InChI=1S/C26H25F2N5O2/c1-16(2)12-18(14-29)25(35)32-11-5-6-19(32)15-33-23-8-4-3-7-22(23)30-26(33)31-24(34)17-9-10-20(27)21(28)13-17/h3-4,7-10,12-13,16,19H,5-6,11,15H2,1-2H3,(H,30,31,34)/b18-12+/t19-/m1/s1. The molecule has 0 spiro atoms. The molecule has 1 aliphatic rings. The topological polar surface area (TPSA) is 91.0 Å². The molecule has 1 N–H and O–H groups in total. The largest absolute Gasteiger partial charge is 0.333 e. The van der Waals surface area contributed by atoms with Gasteiger partial charge in [-0.25, -0.2) is 13.8 Å². The van der Waals surface area contributed by atoms with E-state index in [2.05, 4.69) is 10.3 Å². The highest BCUT2D eigenvalue weighted by atomic mass is 19.2. The molecule has 180 valence electrons. The van der Waals surface area contributed by atoms with E-state index in [4.69, 9.17) is 0 Å². The van der Waals surface area contributed by atoms with E-state index in [1.165, 1.54) is 6.07 Å². The molecule has 35 heavy (non-hydrogen) atoms. The summed E-state index contributed by atoms with van der Waals surface area (Å²) >= 11 is 0. The summed E-state index contributed by atoms with van der Waals surface area (Å²) in [5.41, 5.74) is 1.47. The van der Waals surface area contributed by atoms with Crippen molar-refractivity contribution < 1.29 is 18.4 Å². The Kier molecular flexibility index (Phi) is 6.92. The molecule has 1 fully saturated rings. The number of anilines is 1. The Labute approximate surface area is 201 Å². The molecule has 2 aromatic carbocycles. The maximum absolute atomic E-state index is 13.6. The third kappa shape index (κ3) is 5.06. The van der Waals surface area contributed by atoms with Gasteiger partial charge >= 0.3 is 0 Å². The average Bonchev–Trinajstić information content (AvgIpc) is 3.43. The van der Waals surface area contributed by atoms with Gasteiger partial charge in [-0.3, -0.25) is 14.9 Å². The smallest absolute Gasteiger partial charge is 0.264 e. The Hall–Kier alpha value is -4.06. The van der Waals surface area contributed by atoms with Crippen molar-refractivity contribution in [2.75, 3.05) is 11.9 Å². The molecule has 0 unspecified atom stereocenters. The van der Waals surface area contributed by atoms with Crippen LogP contribution in [0.25, 0.3) is 11.0 Å². The third-order valence-electron chi connectivity index (χ3n) is 5.94. The number of nitrogens with one attached hydrogen (secondary N) is 1. The van der Waals surface area contributed by atoms with Crippen LogP contribution in [0.4, 0.5) is 14.7 Å². The van der Waals surface area contributed by atoms with E-state index in [1.807, 2.05) is 42.7 Å². The Bertz CT molecular complexity index is 1360. The number of carbonyl (C=O) groups excluding carboxylic acids is 2. The van der Waals surface area contributed by atoms with Gasteiger partial charge in [0.25, 0.3) is 11.8 Å². The van der Waals surface area contributed by atoms with Crippen LogP contribution in [0.1, 0.15) is 37.0 Å². The Morgan fingerprint density at radius 3 is 2.71 bits per heavy atom. The minimum absolute atomic E-state index is 0.0438. The van der Waals surface area contributed by atoms with Crippen LogP contribution in [0.15, 0.2) is 54.1 Å². The van der Waals surface area contributed by atoms with Gasteiger partial charge in [-0.1, -0.05) is 32.1 Å². The molecule has 0 saturated carbocycles. The van der Waals surface area contributed by atoms with Crippen molar-refractivity contribution in [1.82, 2.24) is 14.5 Å². The molecular formula is C26H25F2N5O2. The predicted molar refractivity (Wildman–Crippen MR) is 127 cm³/mol. The van der Waals surface area contributed by atoms with Gasteiger partial charge in [-0.2, -0.15) is 5.26 Å². The number of likely N-dealkylation sites (tertiary alicyclic amines) is 1. The van der Waals surface area contributed by atoms with Crippen LogP contribution < -0.4 is 5.32 Å². The number of aromatic nitrogens is 2. The van der Waals surface area contributed by atoms with Crippen molar-refractivity contribution in [2.24, 2.45) is 5.92 Å². The van der Waals surface area contributed by atoms with Crippen LogP contribution in [-0.4, -0.2) is 38.9 Å². The molecule has 1 aromatic heterocycles. The number of amides is 2. The lowest BCUT2D eigenvalue weighted by atomic mass is 10.1. The number of rotatable bonds is 6. The van der Waals surface area contributed by atoms with E-state index in [0.717, 1.165) is 30.5 Å². The van der Waals surface area contributed by atoms with Gasteiger partial charge in [0, 0.05) is 18.7 Å². The summed E-state index contributed by atoms with van der Waals surface area (Å²) < 4.78 is 28.7. The number of hydrogen-bond donors (Lipinski definition) is 1. The van der Waals surface area contributed by atoms with E-state index in [9.17, 15) is 23.6 Å². The third-order valence-corrected chi connectivity index (χ3v) is 5.94. The number of carbonyl (C=O) groups is 2. The summed E-state index contributed by atoms with van der Waals surface area (Å²) in [6.45, 7) is 4.70. The molecule has 0 aliphatic carbocycles. The maximum Gasteiger partial charge on any atom is 0.264 e. The fraction of sp³-hybridized carbons (Fsp3) is 0.308. The van der Waals surface area contributed by atoms with E-state index >= 15 is 0 Å². The van der Waals surface area contributed by atoms with Crippen molar-refractivity contribution in [3.63, 3.8) is 0 Å². The van der Waals surface area contributed by atoms with Crippen LogP contribution in [0.2, 0.25) is 0 Å². The maximum atomic E-state index is 13.6. The van der Waals surface area contributed by atoms with Gasteiger partial charge in [0.1, 0.15) is 11.6 Å². The van der Waals surface area contributed by atoms with Gasteiger partial charge in [0.2, 0.25) is 5.95 Å². The molecule has 1 atom stereocenters. The van der Waals surface area contributed by atoms with Crippen LogP contribution in [0, 0.1) is 28.9 Å². The lowest BCUT2D eigenvalue weighted by molar-refractivity contribution is -0.127. The highest BCUT2D eigenvalue weighted by Gasteiger charge is 2.32. The summed E-state index contributed by atoms with van der Waals surface area (Å²) in [7, 11) is 0. The van der Waals surface area contributed by atoms with Gasteiger partial charge < -0.3 is 9.47 Å². The van der Waals surface area contributed by atoms with Crippen LogP contribution in [-0.2, 0) is 11.3 Å². The van der Waals surface area contributed by atoms with E-state index in [-0.39, 0.29) is 35.0 Å². The van der Waals surface area contributed by atoms with Gasteiger partial charge in [-0.15, -0.1) is 0 Å². The molecule has 1 aliphatic heterocycles. The first kappa shape index (κ1) is 24.1. The minimum Gasteiger partial charge on any atom is -0.333 e. The molecule has 0 bridgehead atoms. The molecule has 9 heteroatoms. The van der Waals surface area contributed by atoms with Crippen molar-refractivity contribution >= 4 is 28.8 Å². The summed E-state index contributed by atoms with van der Waals surface area (Å²) in [5.74, 6) is -2.80. The fourth-order valence-electron chi connectivity index (χ4n) is 4.31. The number of allylic oxidation sites excluding steroid dienone is 1. The molecular weight excluding hydrogens is 452 g/mol.